The van der Waals surface area contributed by atoms with Crippen molar-refractivity contribution in [3.05, 3.63) is 47.4 Å². The van der Waals surface area contributed by atoms with Crippen molar-refractivity contribution in [2.75, 3.05) is 42.6 Å². The quantitative estimate of drug-likeness (QED) is 0.795. The van der Waals surface area contributed by atoms with Crippen LogP contribution in [-0.4, -0.2) is 53.6 Å². The van der Waals surface area contributed by atoms with Gasteiger partial charge in [-0.25, -0.2) is 9.97 Å². The molecule has 3 heterocycles. The molecule has 4 rings (SSSR count). The molecule has 1 aromatic heterocycles. The molecule has 1 aromatic carbocycles. The highest BCUT2D eigenvalue weighted by Gasteiger charge is 2.26. The van der Waals surface area contributed by atoms with Gasteiger partial charge in [0.25, 0.3) is 0 Å². The first-order chi connectivity index (χ1) is 14.1. The van der Waals surface area contributed by atoms with Crippen molar-refractivity contribution in [2.24, 2.45) is 0 Å². The largest absolute Gasteiger partial charge is 0.354 e. The zero-order valence-electron chi connectivity index (χ0n) is 18.2. The SMILES string of the molecule is CC.Cc1cc(N2CCN(CN3C(=O)CCCc4ccccc43)CC2)nc(C)n1. The van der Waals surface area contributed by atoms with Gasteiger partial charge in [0.1, 0.15) is 11.6 Å². The zero-order valence-corrected chi connectivity index (χ0v) is 18.2. The smallest absolute Gasteiger partial charge is 0.228 e. The lowest BCUT2D eigenvalue weighted by molar-refractivity contribution is -0.119. The van der Waals surface area contributed by atoms with E-state index in [4.69, 9.17) is 0 Å². The lowest BCUT2D eigenvalue weighted by Gasteiger charge is -2.38. The molecule has 6 nitrogen and oxygen atoms in total. The summed E-state index contributed by atoms with van der Waals surface area (Å²) < 4.78 is 0. The molecule has 0 bridgehead atoms. The van der Waals surface area contributed by atoms with Crippen LogP contribution in [0.1, 0.15) is 43.8 Å². The average molecular weight is 396 g/mol. The minimum absolute atomic E-state index is 0.240. The van der Waals surface area contributed by atoms with Crippen molar-refractivity contribution < 1.29 is 4.79 Å². The van der Waals surface area contributed by atoms with E-state index in [0.717, 1.165) is 62.0 Å². The van der Waals surface area contributed by atoms with E-state index in [1.165, 1.54) is 5.56 Å². The Bertz CT molecular complexity index is 810. The van der Waals surface area contributed by atoms with Crippen molar-refractivity contribution in [1.29, 1.82) is 0 Å². The van der Waals surface area contributed by atoms with Gasteiger partial charge >= 0.3 is 0 Å². The molecule has 1 amide bonds. The van der Waals surface area contributed by atoms with Gasteiger partial charge in [-0.1, -0.05) is 32.0 Å². The molecule has 29 heavy (non-hydrogen) atoms. The molecule has 0 atom stereocenters. The molecule has 6 heteroatoms. The predicted octanol–water partition coefficient (Wildman–Crippen LogP) is 3.57. The standard InChI is InChI=1S/C21H27N5O.C2H6/c1-16-14-20(23-17(2)22-16)25-12-10-24(11-13-25)15-26-19-8-4-3-6-18(19)7-5-9-21(26)27;1-2/h3-4,6,8,14H,5,7,9-13,15H2,1-2H3;1-2H3. The van der Waals surface area contributed by atoms with Gasteiger partial charge in [-0.2, -0.15) is 0 Å². The number of benzene rings is 1. The van der Waals surface area contributed by atoms with E-state index in [1.54, 1.807) is 0 Å². The second kappa shape index (κ2) is 9.83. The van der Waals surface area contributed by atoms with Gasteiger partial charge in [-0.3, -0.25) is 14.6 Å². The number of rotatable bonds is 3. The molecule has 2 aromatic rings. The predicted molar refractivity (Wildman–Crippen MR) is 118 cm³/mol. The number of carbonyl (C=O) groups is 1. The van der Waals surface area contributed by atoms with E-state index in [2.05, 4.69) is 44.0 Å². The Morgan fingerprint density at radius 2 is 1.69 bits per heavy atom. The van der Waals surface area contributed by atoms with Crippen LogP contribution in [0.5, 0.6) is 0 Å². The van der Waals surface area contributed by atoms with Crippen LogP contribution in [0.4, 0.5) is 11.5 Å². The molecule has 0 spiro atoms. The van der Waals surface area contributed by atoms with E-state index < -0.39 is 0 Å². The average Bonchev–Trinajstić information content (AvgIpc) is 2.88. The van der Waals surface area contributed by atoms with E-state index in [0.29, 0.717) is 13.1 Å². The van der Waals surface area contributed by atoms with Crippen LogP contribution >= 0.6 is 0 Å². The monoisotopic (exact) mass is 395 g/mol. The van der Waals surface area contributed by atoms with Crippen molar-refractivity contribution in [3.63, 3.8) is 0 Å². The second-order valence-electron chi connectivity index (χ2n) is 7.47. The number of anilines is 2. The highest BCUT2D eigenvalue weighted by atomic mass is 16.2. The number of piperazine rings is 1. The highest BCUT2D eigenvalue weighted by Crippen LogP contribution is 2.27. The maximum absolute atomic E-state index is 12.7. The van der Waals surface area contributed by atoms with Crippen LogP contribution in [0.15, 0.2) is 30.3 Å². The molecule has 0 aliphatic carbocycles. The summed E-state index contributed by atoms with van der Waals surface area (Å²) in [6.07, 6.45) is 2.55. The van der Waals surface area contributed by atoms with E-state index >= 15 is 0 Å². The first-order valence-electron chi connectivity index (χ1n) is 10.8. The summed E-state index contributed by atoms with van der Waals surface area (Å²) in [5.74, 6) is 2.07. The molecule has 156 valence electrons. The Balaban J connectivity index is 0.00000117. The Morgan fingerprint density at radius 1 is 0.966 bits per heavy atom. The van der Waals surface area contributed by atoms with Crippen molar-refractivity contribution >= 4 is 17.4 Å². The minimum atomic E-state index is 0.240. The van der Waals surface area contributed by atoms with Gasteiger partial charge in [-0.05, 0) is 38.3 Å². The van der Waals surface area contributed by atoms with Gasteiger partial charge in [0, 0.05) is 50.0 Å². The fourth-order valence-electron chi connectivity index (χ4n) is 4.02. The molecule has 1 saturated heterocycles. The number of carbonyl (C=O) groups excluding carboxylic acids is 1. The summed E-state index contributed by atoms with van der Waals surface area (Å²) >= 11 is 0. The summed E-state index contributed by atoms with van der Waals surface area (Å²) in [6, 6.07) is 10.4. The fourth-order valence-corrected chi connectivity index (χ4v) is 4.02. The number of para-hydroxylation sites is 1. The van der Waals surface area contributed by atoms with E-state index in [9.17, 15) is 4.79 Å². The first kappa shape index (κ1) is 21.2. The lowest BCUT2D eigenvalue weighted by atomic mass is 10.1. The maximum Gasteiger partial charge on any atom is 0.228 e. The van der Waals surface area contributed by atoms with Crippen LogP contribution in [-0.2, 0) is 11.2 Å². The van der Waals surface area contributed by atoms with Gasteiger partial charge in [0.15, 0.2) is 0 Å². The molecule has 1 fully saturated rings. The molecular weight excluding hydrogens is 362 g/mol. The van der Waals surface area contributed by atoms with Gasteiger partial charge < -0.3 is 4.90 Å². The highest BCUT2D eigenvalue weighted by molar-refractivity contribution is 5.94. The number of nitrogens with zero attached hydrogens (tertiary/aromatic N) is 5. The van der Waals surface area contributed by atoms with Crippen LogP contribution in [0.2, 0.25) is 0 Å². The van der Waals surface area contributed by atoms with Gasteiger partial charge in [0.2, 0.25) is 5.91 Å². The third-order valence-corrected chi connectivity index (χ3v) is 5.41. The summed E-state index contributed by atoms with van der Waals surface area (Å²) in [7, 11) is 0. The summed E-state index contributed by atoms with van der Waals surface area (Å²) in [6.45, 7) is 12.3. The Hall–Kier alpha value is -2.47. The molecule has 2 aliphatic rings. The Kier molecular flexibility index (Phi) is 7.20. The minimum Gasteiger partial charge on any atom is -0.354 e. The third kappa shape index (κ3) is 5.12. The number of hydrogen-bond donors (Lipinski definition) is 0. The van der Waals surface area contributed by atoms with E-state index in [-0.39, 0.29) is 5.91 Å². The van der Waals surface area contributed by atoms with Crippen LogP contribution in [0.3, 0.4) is 0 Å². The van der Waals surface area contributed by atoms with Crippen molar-refractivity contribution in [3.8, 4) is 0 Å². The molecule has 2 aliphatic heterocycles. The maximum atomic E-state index is 12.7. The van der Waals surface area contributed by atoms with Gasteiger partial charge in [0.05, 0.1) is 6.67 Å². The summed E-state index contributed by atoms with van der Waals surface area (Å²) in [5.41, 5.74) is 3.38. The van der Waals surface area contributed by atoms with Crippen LogP contribution < -0.4 is 9.80 Å². The topological polar surface area (TPSA) is 52.6 Å². The number of hydrogen-bond acceptors (Lipinski definition) is 5. The molecule has 0 saturated carbocycles. The van der Waals surface area contributed by atoms with E-state index in [1.807, 2.05) is 38.7 Å². The van der Waals surface area contributed by atoms with Gasteiger partial charge in [-0.15, -0.1) is 0 Å². The Morgan fingerprint density at radius 3 is 2.41 bits per heavy atom. The second-order valence-corrected chi connectivity index (χ2v) is 7.47. The third-order valence-electron chi connectivity index (χ3n) is 5.41. The van der Waals surface area contributed by atoms with Crippen LogP contribution in [0, 0.1) is 13.8 Å². The normalized spacial score (nSPS) is 17.3. The lowest BCUT2D eigenvalue weighted by Crippen LogP contribution is -2.51. The number of amides is 1. The Labute approximate surface area is 174 Å². The zero-order chi connectivity index (χ0) is 20.8. The van der Waals surface area contributed by atoms with Crippen LogP contribution in [0.25, 0.3) is 0 Å². The molecule has 0 unspecified atom stereocenters. The van der Waals surface area contributed by atoms with Crippen molar-refractivity contribution in [1.82, 2.24) is 14.9 Å². The number of aryl methyl sites for hydroxylation is 3. The fraction of sp³-hybridized carbons (Fsp3) is 0.522. The molecular formula is C23H33N5O. The summed E-state index contributed by atoms with van der Waals surface area (Å²) in [5, 5.41) is 0. The van der Waals surface area contributed by atoms with Crippen molar-refractivity contribution in [2.45, 2.75) is 47.0 Å². The number of aromatic nitrogens is 2. The summed E-state index contributed by atoms with van der Waals surface area (Å²) in [4.78, 5) is 28.3. The number of fused-ring (bicyclic) bond motifs is 1. The first-order valence-corrected chi connectivity index (χ1v) is 10.8. The molecule has 0 radical (unpaired) electrons. The molecule has 0 N–H and O–H groups in total.